The average molecular weight is 408 g/mol. The van der Waals surface area contributed by atoms with Crippen molar-refractivity contribution in [3.8, 4) is 0 Å². The van der Waals surface area contributed by atoms with Gasteiger partial charge >= 0.3 is 5.97 Å². The zero-order valence-corrected chi connectivity index (χ0v) is 13.9. The largest absolute Gasteiger partial charge is 0.464 e. The van der Waals surface area contributed by atoms with Crippen LogP contribution in [0.25, 0.3) is 0 Å². The lowest BCUT2D eigenvalue weighted by Crippen LogP contribution is -2.41. The van der Waals surface area contributed by atoms with E-state index in [-0.39, 0.29) is 12.5 Å². The minimum Gasteiger partial charge on any atom is -0.464 e. The number of amides is 1. The first-order valence-corrected chi connectivity index (χ1v) is 7.48. The third-order valence-electron chi connectivity index (χ3n) is 2.45. The molecule has 0 heterocycles. The van der Waals surface area contributed by atoms with E-state index >= 15 is 0 Å². The molecule has 1 atom stereocenters. The maximum atomic E-state index is 12.2. The molecule has 0 aliphatic rings. The second-order valence-corrected chi connectivity index (χ2v) is 5.53. The highest BCUT2D eigenvalue weighted by atomic mass is 127. The molecule has 4 nitrogen and oxygen atoms in total. The van der Waals surface area contributed by atoms with Gasteiger partial charge in [-0.05, 0) is 54.1 Å². The molecule has 0 aromatic heterocycles. The summed E-state index contributed by atoms with van der Waals surface area (Å²) < 4.78 is 5.67. The number of nitrogens with one attached hydrogen (secondary N) is 1. The van der Waals surface area contributed by atoms with Gasteiger partial charge < -0.3 is 10.1 Å². The molecule has 1 unspecified atom stereocenters. The summed E-state index contributed by atoms with van der Waals surface area (Å²) in [4.78, 5) is 23.9. The van der Waals surface area contributed by atoms with Crippen molar-refractivity contribution in [1.82, 2.24) is 5.32 Å². The predicted octanol–water partition coefficient (Wildman–Crippen LogP) is 3.18. The van der Waals surface area contributed by atoms with Crippen molar-refractivity contribution in [1.29, 1.82) is 0 Å². The Morgan fingerprint density at radius 2 is 2.25 bits per heavy atom. The summed E-state index contributed by atoms with van der Waals surface area (Å²) in [5.41, 5.74) is 0.427. The van der Waals surface area contributed by atoms with Crippen LogP contribution in [0.1, 0.15) is 23.7 Å². The minimum absolute atomic E-state index is 0.261. The van der Waals surface area contributed by atoms with Crippen molar-refractivity contribution in [2.45, 2.75) is 19.4 Å². The quantitative estimate of drug-likeness (QED) is 0.448. The number of hydrogen-bond donors (Lipinski definition) is 1. The van der Waals surface area contributed by atoms with Gasteiger partial charge in [-0.1, -0.05) is 17.7 Å². The van der Waals surface area contributed by atoms with Crippen molar-refractivity contribution >= 4 is 46.1 Å². The van der Waals surface area contributed by atoms with E-state index in [9.17, 15) is 9.59 Å². The van der Waals surface area contributed by atoms with Crippen LogP contribution in [0.5, 0.6) is 0 Å². The van der Waals surface area contributed by atoms with Gasteiger partial charge in [0.05, 0.1) is 12.2 Å². The number of benzene rings is 1. The molecule has 0 aliphatic carbocycles. The summed E-state index contributed by atoms with van der Waals surface area (Å²) in [5.74, 6) is -0.838. The van der Waals surface area contributed by atoms with Gasteiger partial charge in [-0.2, -0.15) is 0 Å². The average Bonchev–Trinajstić information content (AvgIpc) is 2.41. The molecule has 0 aliphatic heterocycles. The third kappa shape index (κ3) is 4.79. The Hall–Kier alpha value is -1.08. The second-order valence-electron chi connectivity index (χ2n) is 3.93. The molecule has 1 amide bonds. The maximum absolute atomic E-state index is 12.2. The summed E-state index contributed by atoms with van der Waals surface area (Å²) in [6.07, 6.45) is 1.87. The van der Waals surface area contributed by atoms with E-state index in [0.717, 1.165) is 3.57 Å². The van der Waals surface area contributed by atoms with E-state index in [1.165, 1.54) is 0 Å². The van der Waals surface area contributed by atoms with Gasteiger partial charge in [0.15, 0.2) is 0 Å². The van der Waals surface area contributed by atoms with Gasteiger partial charge in [-0.25, -0.2) is 4.79 Å². The molecule has 108 valence electrons. The van der Waals surface area contributed by atoms with E-state index in [1.54, 1.807) is 31.2 Å². The molecule has 0 spiro atoms. The van der Waals surface area contributed by atoms with Crippen molar-refractivity contribution in [2.75, 3.05) is 6.61 Å². The fraction of sp³-hybridized carbons (Fsp3) is 0.286. The normalized spacial score (nSPS) is 11.6. The molecule has 20 heavy (non-hydrogen) atoms. The SMILES string of the molecule is C=CCC(NC(=O)c1cc(Cl)ccc1I)C(=O)OCC. The van der Waals surface area contributed by atoms with E-state index in [1.807, 2.05) is 22.6 Å². The van der Waals surface area contributed by atoms with Crippen LogP contribution in [-0.4, -0.2) is 24.5 Å². The maximum Gasteiger partial charge on any atom is 0.328 e. The number of ether oxygens (including phenoxy) is 1. The Bertz CT molecular complexity index is 519. The summed E-state index contributed by atoms with van der Waals surface area (Å²) in [6.45, 7) is 5.55. The zero-order valence-electron chi connectivity index (χ0n) is 11.0. The number of carbonyl (C=O) groups excluding carboxylic acids is 2. The van der Waals surface area contributed by atoms with Crippen molar-refractivity contribution in [3.05, 3.63) is 45.0 Å². The summed E-state index contributed by atoms with van der Waals surface area (Å²) in [7, 11) is 0. The highest BCUT2D eigenvalue weighted by Gasteiger charge is 2.22. The third-order valence-corrected chi connectivity index (χ3v) is 3.63. The van der Waals surface area contributed by atoms with Crippen LogP contribution in [0.3, 0.4) is 0 Å². The van der Waals surface area contributed by atoms with E-state index < -0.39 is 12.0 Å². The zero-order chi connectivity index (χ0) is 15.1. The highest BCUT2D eigenvalue weighted by Crippen LogP contribution is 2.18. The van der Waals surface area contributed by atoms with E-state index in [0.29, 0.717) is 17.0 Å². The minimum atomic E-state index is -0.741. The molecule has 0 saturated heterocycles. The number of rotatable bonds is 6. The van der Waals surface area contributed by atoms with Crippen molar-refractivity contribution < 1.29 is 14.3 Å². The molecule has 6 heteroatoms. The molecule has 1 aromatic rings. The van der Waals surface area contributed by atoms with Gasteiger partial charge in [0, 0.05) is 8.59 Å². The van der Waals surface area contributed by atoms with Crippen LogP contribution in [0.2, 0.25) is 5.02 Å². The number of esters is 1. The Morgan fingerprint density at radius 1 is 1.55 bits per heavy atom. The Morgan fingerprint density at radius 3 is 2.85 bits per heavy atom. The van der Waals surface area contributed by atoms with Crippen LogP contribution in [-0.2, 0) is 9.53 Å². The van der Waals surface area contributed by atoms with E-state index in [4.69, 9.17) is 16.3 Å². The fourth-order valence-corrected chi connectivity index (χ4v) is 2.28. The standard InChI is InChI=1S/C14H15ClINO3/c1-3-5-12(14(19)20-4-2)17-13(18)10-8-9(15)6-7-11(10)16/h3,6-8,12H,1,4-5H2,2H3,(H,17,18). The Balaban J connectivity index is 2.87. The lowest BCUT2D eigenvalue weighted by molar-refractivity contribution is -0.145. The number of carbonyl (C=O) groups is 2. The monoisotopic (exact) mass is 407 g/mol. The van der Waals surface area contributed by atoms with Crippen LogP contribution < -0.4 is 5.32 Å². The van der Waals surface area contributed by atoms with Gasteiger partial charge in [0.25, 0.3) is 5.91 Å². The molecule has 1 rings (SSSR count). The van der Waals surface area contributed by atoms with Gasteiger partial charge in [-0.3, -0.25) is 4.79 Å². The van der Waals surface area contributed by atoms with Crippen molar-refractivity contribution in [3.63, 3.8) is 0 Å². The van der Waals surface area contributed by atoms with Crippen LogP contribution in [0, 0.1) is 3.57 Å². The molecular weight excluding hydrogens is 393 g/mol. The van der Waals surface area contributed by atoms with Gasteiger partial charge in [0.2, 0.25) is 0 Å². The number of halogens is 2. The lowest BCUT2D eigenvalue weighted by atomic mass is 10.1. The molecule has 0 saturated carbocycles. The fourth-order valence-electron chi connectivity index (χ4n) is 1.53. The van der Waals surface area contributed by atoms with Crippen LogP contribution in [0.15, 0.2) is 30.9 Å². The number of hydrogen-bond acceptors (Lipinski definition) is 3. The van der Waals surface area contributed by atoms with Gasteiger partial charge in [-0.15, -0.1) is 6.58 Å². The van der Waals surface area contributed by atoms with Crippen LogP contribution >= 0.6 is 34.2 Å². The molecule has 0 radical (unpaired) electrons. The first-order valence-electron chi connectivity index (χ1n) is 6.03. The highest BCUT2D eigenvalue weighted by molar-refractivity contribution is 14.1. The topological polar surface area (TPSA) is 55.4 Å². The summed E-state index contributed by atoms with van der Waals surface area (Å²) in [5, 5.41) is 3.10. The first-order chi connectivity index (χ1) is 9.49. The second kappa shape index (κ2) is 8.26. The molecular formula is C14H15ClINO3. The van der Waals surface area contributed by atoms with Crippen LogP contribution in [0.4, 0.5) is 0 Å². The lowest BCUT2D eigenvalue weighted by Gasteiger charge is -2.16. The van der Waals surface area contributed by atoms with Crippen molar-refractivity contribution in [2.24, 2.45) is 0 Å². The van der Waals surface area contributed by atoms with Gasteiger partial charge in [0.1, 0.15) is 6.04 Å². The Labute approximate surface area is 136 Å². The first kappa shape index (κ1) is 17.0. The summed E-state index contributed by atoms with van der Waals surface area (Å²) in [6, 6.07) is 4.27. The predicted molar refractivity (Wildman–Crippen MR) is 86.9 cm³/mol. The summed E-state index contributed by atoms with van der Waals surface area (Å²) >= 11 is 7.92. The van der Waals surface area contributed by atoms with E-state index in [2.05, 4.69) is 11.9 Å². The molecule has 0 fully saturated rings. The molecule has 0 bridgehead atoms. The molecule has 1 N–H and O–H groups in total. The molecule has 1 aromatic carbocycles. The Kier molecular flexibility index (Phi) is 7.01. The smallest absolute Gasteiger partial charge is 0.328 e.